The molecule has 1 heterocycles. The minimum absolute atomic E-state index is 0.00129. The summed E-state index contributed by atoms with van der Waals surface area (Å²) in [4.78, 5) is 4.43. The van der Waals surface area contributed by atoms with Crippen LogP contribution in [0.4, 0.5) is 10.2 Å². The third kappa shape index (κ3) is 4.24. The second-order valence-corrected chi connectivity index (χ2v) is 7.00. The molecule has 1 aliphatic rings. The number of fused-ring (bicyclic) bond motifs is 1. The topological polar surface area (TPSA) is 136 Å². The van der Waals surface area contributed by atoms with Gasteiger partial charge in [0.15, 0.2) is 11.5 Å². The van der Waals surface area contributed by atoms with E-state index >= 15 is 0 Å². The second-order valence-electron chi connectivity index (χ2n) is 7.00. The van der Waals surface area contributed by atoms with Gasteiger partial charge in [-0.1, -0.05) is 6.07 Å². The molecule has 1 aromatic heterocycles. The monoisotopic (exact) mass is 379 g/mol. The number of halogens is 1. The Bertz CT molecular complexity index is 833. The average Bonchev–Trinajstić information content (AvgIpc) is 3.23. The number of hydroxylamine groups is 1. The number of aryl methyl sites for hydroxylation is 1. The molecular weight excluding hydrogens is 357 g/mol. The first-order valence-electron chi connectivity index (χ1n) is 8.53. The molecule has 9 nitrogen and oxygen atoms in total. The summed E-state index contributed by atoms with van der Waals surface area (Å²) in [6.07, 6.45) is 0.340. The number of amidine groups is 1. The van der Waals surface area contributed by atoms with E-state index in [0.717, 1.165) is 17.5 Å². The summed E-state index contributed by atoms with van der Waals surface area (Å²) in [6, 6.07) is 4.23. The first-order valence-corrected chi connectivity index (χ1v) is 8.53. The van der Waals surface area contributed by atoms with Gasteiger partial charge in [-0.25, -0.2) is 9.02 Å². The number of nitrogens with one attached hydrogen (secondary N) is 2. The molecule has 0 spiro atoms. The van der Waals surface area contributed by atoms with Gasteiger partial charge in [0.1, 0.15) is 5.82 Å². The van der Waals surface area contributed by atoms with Crippen LogP contribution in [0.5, 0.6) is 0 Å². The number of aromatic nitrogens is 2. The lowest BCUT2D eigenvalue weighted by atomic mass is 10.0. The number of benzene rings is 1. The molecule has 10 heteroatoms. The Kier molecular flexibility index (Phi) is 5.40. The van der Waals surface area contributed by atoms with E-state index in [1.165, 1.54) is 26.0 Å². The van der Waals surface area contributed by atoms with Crippen molar-refractivity contribution in [3.05, 3.63) is 40.8 Å². The van der Waals surface area contributed by atoms with Crippen LogP contribution in [-0.2, 0) is 6.42 Å². The Morgan fingerprint density at radius 3 is 2.93 bits per heavy atom. The van der Waals surface area contributed by atoms with Gasteiger partial charge in [0.05, 0.1) is 17.7 Å². The maximum absolute atomic E-state index is 13.6. The number of nitrogens with zero attached hydrogens (tertiary/aromatic N) is 3. The van der Waals surface area contributed by atoms with E-state index < -0.39 is 11.7 Å². The highest BCUT2D eigenvalue weighted by atomic mass is 19.1. The standard InChI is InChI=1S/C17H22FN5O4/c1-17(2,25)13(24)8-19-15-14(22-27-23-15)16(21-26)20-12-6-4-9-3-5-10(18)7-11(9)12/h3,5,7,12-13,24-26H,4,6,8H2,1-2H3,(H,19,23)(H,20,21)/t12?,13-/m0/s1. The van der Waals surface area contributed by atoms with Crippen molar-refractivity contribution in [2.45, 2.75) is 44.4 Å². The lowest BCUT2D eigenvalue weighted by molar-refractivity contribution is -0.0403. The van der Waals surface area contributed by atoms with Crippen LogP contribution >= 0.6 is 0 Å². The Labute approximate surface area is 154 Å². The lowest BCUT2D eigenvalue weighted by Crippen LogP contribution is -2.41. The predicted octanol–water partition coefficient (Wildman–Crippen LogP) is 1.17. The van der Waals surface area contributed by atoms with Crippen molar-refractivity contribution in [1.29, 1.82) is 0 Å². The van der Waals surface area contributed by atoms with Gasteiger partial charge < -0.3 is 15.5 Å². The molecule has 5 N–H and O–H groups in total. The van der Waals surface area contributed by atoms with Crippen molar-refractivity contribution < 1.29 is 24.4 Å². The van der Waals surface area contributed by atoms with Crippen molar-refractivity contribution in [2.24, 2.45) is 4.99 Å². The smallest absolute Gasteiger partial charge is 0.202 e. The molecule has 1 unspecified atom stereocenters. The maximum atomic E-state index is 13.6. The summed E-state index contributed by atoms with van der Waals surface area (Å²) in [7, 11) is 0. The zero-order valence-corrected chi connectivity index (χ0v) is 15.0. The Morgan fingerprint density at radius 2 is 2.22 bits per heavy atom. The molecule has 0 saturated heterocycles. The van der Waals surface area contributed by atoms with E-state index in [4.69, 9.17) is 4.63 Å². The highest BCUT2D eigenvalue weighted by Crippen LogP contribution is 2.35. The molecule has 2 atom stereocenters. The number of hydrogen-bond acceptors (Lipinski definition) is 8. The Hall–Kier alpha value is -2.56. The number of rotatable bonds is 6. The van der Waals surface area contributed by atoms with Crippen LogP contribution in [0.1, 0.15) is 43.1 Å². The van der Waals surface area contributed by atoms with Crippen molar-refractivity contribution in [3.8, 4) is 0 Å². The molecule has 0 fully saturated rings. The van der Waals surface area contributed by atoms with Gasteiger partial charge in [-0.3, -0.25) is 15.7 Å². The number of aliphatic imine (C=N–C) groups is 1. The molecule has 3 rings (SSSR count). The first kappa shape index (κ1) is 19.2. The van der Waals surface area contributed by atoms with Gasteiger partial charge in [-0.2, -0.15) is 0 Å². The van der Waals surface area contributed by atoms with Gasteiger partial charge in [0, 0.05) is 6.54 Å². The number of aliphatic hydroxyl groups is 2. The van der Waals surface area contributed by atoms with Gasteiger partial charge in [-0.05, 0) is 60.3 Å². The van der Waals surface area contributed by atoms with E-state index in [-0.39, 0.29) is 35.8 Å². The first-order chi connectivity index (χ1) is 12.8. The minimum Gasteiger partial charge on any atom is -0.388 e. The summed E-state index contributed by atoms with van der Waals surface area (Å²) in [5.41, 5.74) is 2.53. The van der Waals surface area contributed by atoms with E-state index in [2.05, 4.69) is 20.6 Å². The van der Waals surface area contributed by atoms with Crippen LogP contribution < -0.4 is 10.8 Å². The summed E-state index contributed by atoms with van der Waals surface area (Å²) in [5.74, 6) is -0.213. The molecule has 0 aliphatic heterocycles. The van der Waals surface area contributed by atoms with Crippen LogP contribution in [0.15, 0.2) is 27.8 Å². The van der Waals surface area contributed by atoms with Crippen LogP contribution in [0.3, 0.4) is 0 Å². The fourth-order valence-corrected chi connectivity index (χ4v) is 2.89. The molecule has 0 radical (unpaired) electrons. The zero-order valence-electron chi connectivity index (χ0n) is 15.0. The molecular formula is C17H22FN5O4. The molecule has 0 saturated carbocycles. The van der Waals surface area contributed by atoms with E-state index in [1.807, 2.05) is 5.48 Å². The van der Waals surface area contributed by atoms with Gasteiger partial charge in [-0.15, -0.1) is 0 Å². The Balaban J connectivity index is 1.81. The van der Waals surface area contributed by atoms with Crippen LogP contribution in [0, 0.1) is 5.82 Å². The summed E-state index contributed by atoms with van der Waals surface area (Å²) < 4.78 is 18.3. The fourth-order valence-electron chi connectivity index (χ4n) is 2.89. The summed E-state index contributed by atoms with van der Waals surface area (Å²) in [6.45, 7) is 2.92. The SMILES string of the molecule is CC(C)(O)[C@@H](O)CNc1nonc1C(=NC1CCc2ccc(F)cc21)NO. The fraction of sp³-hybridized carbons (Fsp3) is 0.471. The van der Waals surface area contributed by atoms with Crippen molar-refractivity contribution >= 4 is 11.7 Å². The van der Waals surface area contributed by atoms with Crippen molar-refractivity contribution in [1.82, 2.24) is 15.8 Å². The predicted molar refractivity (Wildman–Crippen MR) is 94.0 cm³/mol. The van der Waals surface area contributed by atoms with Gasteiger partial charge in [0.25, 0.3) is 0 Å². The number of hydrogen-bond donors (Lipinski definition) is 5. The number of anilines is 1. The van der Waals surface area contributed by atoms with E-state index in [9.17, 15) is 19.8 Å². The minimum atomic E-state index is -1.31. The van der Waals surface area contributed by atoms with Crippen LogP contribution in [-0.4, -0.2) is 49.8 Å². The third-order valence-electron chi connectivity index (χ3n) is 4.54. The molecule has 146 valence electrons. The van der Waals surface area contributed by atoms with E-state index in [0.29, 0.717) is 6.42 Å². The highest BCUT2D eigenvalue weighted by molar-refractivity contribution is 6.00. The molecule has 0 bridgehead atoms. The van der Waals surface area contributed by atoms with Crippen LogP contribution in [0.25, 0.3) is 0 Å². The lowest BCUT2D eigenvalue weighted by Gasteiger charge is -2.24. The van der Waals surface area contributed by atoms with Gasteiger partial charge >= 0.3 is 0 Å². The zero-order chi connectivity index (χ0) is 19.6. The number of aliphatic hydroxyl groups excluding tert-OH is 1. The Morgan fingerprint density at radius 1 is 1.44 bits per heavy atom. The summed E-state index contributed by atoms with van der Waals surface area (Å²) >= 11 is 0. The highest BCUT2D eigenvalue weighted by Gasteiger charge is 2.27. The van der Waals surface area contributed by atoms with E-state index in [1.54, 1.807) is 6.07 Å². The molecule has 2 aromatic rings. The quantitative estimate of drug-likeness (QED) is 0.287. The second kappa shape index (κ2) is 7.59. The van der Waals surface area contributed by atoms with Gasteiger partial charge in [0.2, 0.25) is 5.82 Å². The van der Waals surface area contributed by atoms with Crippen molar-refractivity contribution in [2.75, 3.05) is 11.9 Å². The molecule has 0 amide bonds. The molecule has 27 heavy (non-hydrogen) atoms. The third-order valence-corrected chi connectivity index (χ3v) is 4.54. The normalized spacial score (nSPS) is 18.3. The maximum Gasteiger partial charge on any atom is 0.202 e. The summed E-state index contributed by atoms with van der Waals surface area (Å²) in [5, 5.41) is 39.4. The molecule has 1 aliphatic carbocycles. The average molecular weight is 379 g/mol. The van der Waals surface area contributed by atoms with Crippen LogP contribution in [0.2, 0.25) is 0 Å². The van der Waals surface area contributed by atoms with Crippen molar-refractivity contribution in [3.63, 3.8) is 0 Å². The molecule has 1 aromatic carbocycles. The largest absolute Gasteiger partial charge is 0.388 e.